The summed E-state index contributed by atoms with van der Waals surface area (Å²) < 4.78 is 16.3. The summed E-state index contributed by atoms with van der Waals surface area (Å²) in [6, 6.07) is 18.5. The molecule has 2 N–H and O–H groups in total. The lowest BCUT2D eigenvalue weighted by atomic mass is 10.1. The Morgan fingerprint density at radius 3 is 2.92 bits per heavy atom. The van der Waals surface area contributed by atoms with Crippen LogP contribution in [0, 0.1) is 6.92 Å². The van der Waals surface area contributed by atoms with Crippen LogP contribution in [0.3, 0.4) is 0 Å². The van der Waals surface area contributed by atoms with E-state index in [2.05, 4.69) is 10.2 Å². The monoisotopic (exact) mass is 498 g/mol. The normalized spacial score (nSPS) is 16.2. The van der Waals surface area contributed by atoms with Crippen molar-refractivity contribution < 1.29 is 24.1 Å². The quantitative estimate of drug-likeness (QED) is 0.413. The molecule has 0 bridgehead atoms. The van der Waals surface area contributed by atoms with Gasteiger partial charge in [0.15, 0.2) is 17.3 Å². The van der Waals surface area contributed by atoms with Gasteiger partial charge in [0.25, 0.3) is 0 Å². The lowest BCUT2D eigenvalue weighted by Crippen LogP contribution is -2.37. The van der Waals surface area contributed by atoms with Gasteiger partial charge in [-0.25, -0.2) is 14.8 Å². The zero-order valence-electron chi connectivity index (χ0n) is 20.3. The lowest BCUT2D eigenvalue weighted by Gasteiger charge is -2.21. The number of hydrogen-bond donors (Lipinski definition) is 2. The third-order valence-electron chi connectivity index (χ3n) is 6.62. The molecule has 0 aliphatic carbocycles. The largest absolute Gasteiger partial charge is 0.507 e. The zero-order chi connectivity index (χ0) is 25.4. The number of phenols is 1. The van der Waals surface area contributed by atoms with E-state index in [0.29, 0.717) is 36.0 Å². The molecule has 37 heavy (non-hydrogen) atoms. The van der Waals surface area contributed by atoms with Crippen LogP contribution in [0.15, 0.2) is 60.7 Å². The van der Waals surface area contributed by atoms with E-state index in [1.54, 1.807) is 18.2 Å². The Hall–Kier alpha value is -4.53. The lowest BCUT2D eigenvalue weighted by molar-refractivity contribution is 0.134. The molecule has 0 radical (unpaired) electrons. The van der Waals surface area contributed by atoms with Crippen LogP contribution in [0.4, 0.5) is 10.6 Å². The molecule has 2 aliphatic heterocycles. The molecule has 0 spiro atoms. The highest BCUT2D eigenvalue weighted by Gasteiger charge is 2.28. The first-order chi connectivity index (χ1) is 18.0. The first-order valence-electron chi connectivity index (χ1n) is 12.2. The van der Waals surface area contributed by atoms with Crippen molar-refractivity contribution in [3.63, 3.8) is 0 Å². The van der Waals surface area contributed by atoms with Crippen LogP contribution in [0.2, 0.25) is 0 Å². The summed E-state index contributed by atoms with van der Waals surface area (Å²) in [6.45, 7) is 3.56. The van der Waals surface area contributed by atoms with E-state index in [-0.39, 0.29) is 25.2 Å². The van der Waals surface area contributed by atoms with E-state index in [1.807, 2.05) is 49.4 Å². The number of carbonyl (C=O) groups excluding carboxylic acids is 1. The highest BCUT2D eigenvalue weighted by atomic mass is 16.7. The Bertz CT molecular complexity index is 1490. The van der Waals surface area contributed by atoms with Crippen LogP contribution >= 0.6 is 0 Å². The SMILES string of the molecule is Cc1ccc2c(N3CCC(NC(=O)OCc4cccc5c4OCO5)C3)nc(-c3ccccc3O)nc2c1. The highest BCUT2D eigenvalue weighted by molar-refractivity contribution is 5.92. The minimum Gasteiger partial charge on any atom is -0.507 e. The molecule has 1 saturated heterocycles. The van der Waals surface area contributed by atoms with Crippen molar-refractivity contribution in [3.8, 4) is 28.6 Å². The molecular formula is C28H26N4O5. The number of phenolic OH excluding ortho intramolecular Hbond substituents is 1. The van der Waals surface area contributed by atoms with Crippen molar-refractivity contribution in [2.24, 2.45) is 0 Å². The Morgan fingerprint density at radius 1 is 1.14 bits per heavy atom. The second kappa shape index (κ2) is 9.50. The Kier molecular flexibility index (Phi) is 5.88. The molecule has 0 saturated carbocycles. The van der Waals surface area contributed by atoms with E-state index in [0.717, 1.165) is 34.3 Å². The van der Waals surface area contributed by atoms with E-state index < -0.39 is 6.09 Å². The van der Waals surface area contributed by atoms with Crippen molar-refractivity contribution in [1.82, 2.24) is 15.3 Å². The first-order valence-corrected chi connectivity index (χ1v) is 12.2. The highest BCUT2D eigenvalue weighted by Crippen LogP contribution is 2.36. The molecular weight excluding hydrogens is 472 g/mol. The average molecular weight is 499 g/mol. The van der Waals surface area contributed by atoms with Crippen molar-refractivity contribution >= 4 is 22.8 Å². The van der Waals surface area contributed by atoms with Gasteiger partial charge in [0, 0.05) is 24.0 Å². The van der Waals surface area contributed by atoms with Crippen molar-refractivity contribution in [1.29, 1.82) is 0 Å². The smallest absolute Gasteiger partial charge is 0.407 e. The number of anilines is 1. The maximum absolute atomic E-state index is 12.6. The molecule has 9 nitrogen and oxygen atoms in total. The second-order valence-electron chi connectivity index (χ2n) is 9.21. The van der Waals surface area contributed by atoms with E-state index in [9.17, 15) is 9.90 Å². The van der Waals surface area contributed by atoms with Gasteiger partial charge in [0.1, 0.15) is 18.2 Å². The summed E-state index contributed by atoms with van der Waals surface area (Å²) in [4.78, 5) is 24.3. The predicted octanol–water partition coefficient (Wildman–Crippen LogP) is 4.54. The third-order valence-corrected chi connectivity index (χ3v) is 6.62. The van der Waals surface area contributed by atoms with Gasteiger partial charge < -0.3 is 29.5 Å². The van der Waals surface area contributed by atoms with Gasteiger partial charge in [-0.2, -0.15) is 0 Å². The molecule has 1 atom stereocenters. The number of nitrogens with zero attached hydrogens (tertiary/aromatic N) is 3. The molecule has 3 aromatic carbocycles. The number of benzene rings is 3. The fraction of sp³-hybridized carbons (Fsp3) is 0.250. The number of para-hydroxylation sites is 2. The number of hydrogen-bond acceptors (Lipinski definition) is 8. The Balaban J connectivity index is 1.18. The first kappa shape index (κ1) is 22.9. The van der Waals surface area contributed by atoms with Gasteiger partial charge in [-0.1, -0.05) is 30.3 Å². The van der Waals surface area contributed by atoms with Crippen LogP contribution < -0.4 is 19.7 Å². The summed E-state index contributed by atoms with van der Waals surface area (Å²) in [7, 11) is 0. The number of nitrogens with one attached hydrogen (secondary N) is 1. The summed E-state index contributed by atoms with van der Waals surface area (Å²) in [5, 5.41) is 14.3. The molecule has 4 aromatic rings. The maximum Gasteiger partial charge on any atom is 0.407 e. The summed E-state index contributed by atoms with van der Waals surface area (Å²) >= 11 is 0. The predicted molar refractivity (Wildman–Crippen MR) is 138 cm³/mol. The number of aromatic nitrogens is 2. The van der Waals surface area contributed by atoms with E-state index >= 15 is 0 Å². The van der Waals surface area contributed by atoms with Gasteiger partial charge in [-0.05, 0) is 49.2 Å². The van der Waals surface area contributed by atoms with Gasteiger partial charge in [0.05, 0.1) is 17.1 Å². The fourth-order valence-corrected chi connectivity index (χ4v) is 4.77. The minimum atomic E-state index is -0.485. The number of aromatic hydroxyl groups is 1. The maximum atomic E-state index is 12.6. The topological polar surface area (TPSA) is 106 Å². The van der Waals surface area contributed by atoms with Gasteiger partial charge in [-0.15, -0.1) is 0 Å². The van der Waals surface area contributed by atoms with Crippen LogP contribution in [-0.2, 0) is 11.3 Å². The molecule has 188 valence electrons. The van der Waals surface area contributed by atoms with Crippen LogP contribution in [0.25, 0.3) is 22.3 Å². The van der Waals surface area contributed by atoms with Crippen LogP contribution in [0.1, 0.15) is 17.5 Å². The molecule has 1 fully saturated rings. The summed E-state index contributed by atoms with van der Waals surface area (Å²) in [5.74, 6) is 2.64. The van der Waals surface area contributed by atoms with Crippen molar-refractivity contribution in [2.75, 3.05) is 24.8 Å². The summed E-state index contributed by atoms with van der Waals surface area (Å²) in [6.07, 6.45) is 0.261. The van der Waals surface area contributed by atoms with E-state index in [4.69, 9.17) is 24.2 Å². The van der Waals surface area contributed by atoms with Gasteiger partial charge >= 0.3 is 6.09 Å². The fourth-order valence-electron chi connectivity index (χ4n) is 4.77. The Labute approximate surface area is 213 Å². The molecule has 1 aromatic heterocycles. The number of amides is 1. The molecule has 6 rings (SSSR count). The number of alkyl carbamates (subject to hydrolysis) is 1. The van der Waals surface area contributed by atoms with Gasteiger partial charge in [0.2, 0.25) is 6.79 Å². The molecule has 2 aliphatic rings. The third kappa shape index (κ3) is 4.55. The van der Waals surface area contributed by atoms with Crippen molar-refractivity contribution in [2.45, 2.75) is 26.0 Å². The molecule has 9 heteroatoms. The average Bonchev–Trinajstić information content (AvgIpc) is 3.57. The number of carbonyl (C=O) groups is 1. The second-order valence-corrected chi connectivity index (χ2v) is 9.21. The van der Waals surface area contributed by atoms with Crippen LogP contribution in [0.5, 0.6) is 17.2 Å². The number of aryl methyl sites for hydroxylation is 1. The van der Waals surface area contributed by atoms with Crippen LogP contribution in [-0.4, -0.2) is 47.1 Å². The number of ether oxygens (including phenoxy) is 3. The van der Waals surface area contributed by atoms with Gasteiger partial charge in [-0.3, -0.25) is 0 Å². The summed E-state index contributed by atoms with van der Waals surface area (Å²) in [5.41, 5.74) is 3.23. The number of rotatable bonds is 5. The standard InChI is InChI=1S/C28H26N4O5/c1-17-9-10-20-22(13-17)30-26(21-6-2-3-7-23(21)33)31-27(20)32-12-11-19(14-32)29-28(34)35-15-18-5-4-8-24-25(18)37-16-36-24/h2-10,13,19,33H,11-12,14-16H2,1H3,(H,29,34). The number of fused-ring (bicyclic) bond motifs is 2. The Morgan fingerprint density at radius 2 is 2.03 bits per heavy atom. The molecule has 1 amide bonds. The zero-order valence-corrected chi connectivity index (χ0v) is 20.3. The molecule has 3 heterocycles. The molecule has 1 unspecified atom stereocenters. The van der Waals surface area contributed by atoms with E-state index in [1.165, 1.54) is 0 Å². The minimum absolute atomic E-state index is 0.0919. The van der Waals surface area contributed by atoms with Crippen molar-refractivity contribution in [3.05, 3.63) is 71.8 Å².